The van der Waals surface area contributed by atoms with Gasteiger partial charge >= 0.3 is 18.3 Å². The number of hydrogen-bond acceptors (Lipinski definition) is 14. The van der Waals surface area contributed by atoms with Crippen LogP contribution in [-0.2, 0) is 33.2 Å². The van der Waals surface area contributed by atoms with Crippen LogP contribution in [0.15, 0.2) is 0 Å². The molecule has 2 atom stereocenters. The first kappa shape index (κ1) is 65.4. The third-order valence-electron chi connectivity index (χ3n) is 5.71. The fraction of sp³-hybridized carbons (Fsp3) is 0.853. The Balaban J connectivity index is -0.000000152. The first-order valence-corrected chi connectivity index (χ1v) is 18.0. The van der Waals surface area contributed by atoms with E-state index in [0.717, 1.165) is 6.61 Å². The smallest absolute Gasteiger partial charge is 0.413 e. The summed E-state index contributed by atoms with van der Waals surface area (Å²) in [6.07, 6.45) is -1.94. The molecule has 332 valence electrons. The summed E-state index contributed by atoms with van der Waals surface area (Å²) in [5.74, 6) is 0. The van der Waals surface area contributed by atoms with Crippen molar-refractivity contribution in [2.45, 2.75) is 120 Å². The molecule has 16 nitrogen and oxygen atoms in total. The highest BCUT2D eigenvalue weighted by Gasteiger charge is 2.21. The van der Waals surface area contributed by atoms with Crippen LogP contribution in [-0.4, -0.2) is 135 Å². The zero-order valence-corrected chi connectivity index (χ0v) is 38.7. The summed E-state index contributed by atoms with van der Waals surface area (Å²) in [7, 11) is 0. The first-order chi connectivity index (χ1) is 23.5. The summed E-state index contributed by atoms with van der Waals surface area (Å²) in [4.78, 5) is 36.4. The summed E-state index contributed by atoms with van der Waals surface area (Å²) in [5, 5.41) is 9.80. The molecule has 2 aliphatic heterocycles. The minimum absolute atomic E-state index is 0. The van der Waals surface area contributed by atoms with E-state index in [-0.39, 0.29) is 69.3 Å². The van der Waals surface area contributed by atoms with Crippen LogP contribution in [0.2, 0.25) is 0 Å². The number of halogens is 1. The number of nitrogens with one attached hydrogen (secondary N) is 4. The first-order valence-electron chi connectivity index (χ1n) is 17.2. The number of carbonyl (C=O) groups excluding carboxylic acids is 3. The van der Waals surface area contributed by atoms with Gasteiger partial charge in [0, 0.05) is 13.1 Å². The lowest BCUT2D eigenvalue weighted by molar-refractivity contribution is -0.0849. The van der Waals surface area contributed by atoms with Crippen LogP contribution in [0.4, 0.5) is 14.4 Å². The lowest BCUT2D eigenvalue weighted by Crippen LogP contribution is -2.46. The van der Waals surface area contributed by atoms with Crippen molar-refractivity contribution < 1.29 is 47.5 Å². The number of rotatable bonds is 6. The van der Waals surface area contributed by atoms with Gasteiger partial charge in [-0.05, 0) is 106 Å². The molecule has 0 aromatic rings. The molecule has 2 fully saturated rings. The number of alkyl carbamates (subject to hydrolysis) is 3. The van der Waals surface area contributed by atoms with Gasteiger partial charge in [-0.15, -0.1) is 12.4 Å². The molecular formula is C34H75ClN6O10S4. The Labute approximate surface area is 362 Å². The molecule has 0 aliphatic carbocycles. The van der Waals surface area contributed by atoms with E-state index in [1.54, 1.807) is 62.3 Å². The standard InChI is InChI=1S/2C11H20N2O4S.C6H15N.C5H11NO2.CH4.ClH.2H2S/c1-11(2,3)17-10(14)13-9(18)12-6-8-7-15-4-5-16-8;1-10(2,3)16-8(14)12-7(18)13-9(15)17-11(4,5)6;1-4-7(5-2)6-3;6-3-5-4-7-1-2-8-5;;;;/h8H,4-7H2,1-3H3,(H2,12,13,14,18);1-6H3,(H2,12,13,14,15,18);4-6H2,1-3H3;5H,1-4,6H2;1H4;1H;2*1H2/t8-;;;5-;;;;/m0..0..../s1. The Morgan fingerprint density at radius 1 is 0.655 bits per heavy atom. The lowest BCUT2D eigenvalue weighted by Gasteiger charge is -2.24. The van der Waals surface area contributed by atoms with Gasteiger partial charge in [0.2, 0.25) is 0 Å². The maximum absolute atomic E-state index is 11.4. The molecular weight excluding hydrogens is 816 g/mol. The second kappa shape index (κ2) is 35.7. The summed E-state index contributed by atoms with van der Waals surface area (Å²) in [6, 6.07) is 0. The van der Waals surface area contributed by atoms with Crippen LogP contribution in [0.5, 0.6) is 0 Å². The van der Waals surface area contributed by atoms with Crippen molar-refractivity contribution in [3.8, 4) is 0 Å². The molecule has 2 saturated heterocycles. The van der Waals surface area contributed by atoms with Crippen molar-refractivity contribution in [3.63, 3.8) is 0 Å². The quantitative estimate of drug-likeness (QED) is 0.174. The third kappa shape index (κ3) is 45.1. The van der Waals surface area contributed by atoms with Crippen LogP contribution in [0.1, 0.15) is 90.5 Å². The van der Waals surface area contributed by atoms with Gasteiger partial charge in [-0.3, -0.25) is 16.0 Å². The zero-order valence-electron chi connectivity index (χ0n) is 34.3. The number of carbonyl (C=O) groups is 3. The number of thiocarbonyl (C=S) groups is 2. The normalized spacial score (nSPS) is 16.0. The van der Waals surface area contributed by atoms with E-state index >= 15 is 0 Å². The predicted octanol–water partition coefficient (Wildman–Crippen LogP) is 5.11. The van der Waals surface area contributed by atoms with Crippen LogP contribution in [0.3, 0.4) is 0 Å². The second-order valence-corrected chi connectivity index (χ2v) is 14.7. The van der Waals surface area contributed by atoms with E-state index < -0.39 is 35.1 Å². The Bertz CT molecular complexity index is 982. The van der Waals surface area contributed by atoms with Crippen molar-refractivity contribution in [2.24, 2.45) is 5.73 Å². The Kier molecular flexibility index (Phi) is 42.4. The topological polar surface area (TPSA) is 193 Å². The molecule has 0 spiro atoms. The van der Waals surface area contributed by atoms with Gasteiger partial charge < -0.3 is 49.1 Å². The van der Waals surface area contributed by atoms with E-state index in [1.165, 1.54) is 19.6 Å². The SMILES string of the molecule is C.CC(C)(C)OC(=O)NC(=S)NC(=O)OC(C)(C)C.CC(C)(C)OC(=O)NC(=S)NC[C@H]1COCCO1.CCN(CC)CC.Cl.NC[C@H]1COCCO1.S.S. The Morgan fingerprint density at radius 2 is 0.982 bits per heavy atom. The number of nitrogens with two attached hydrogens (primary N) is 1. The van der Waals surface area contributed by atoms with Gasteiger partial charge in [0.15, 0.2) is 10.2 Å². The summed E-state index contributed by atoms with van der Waals surface area (Å²) in [6.45, 7) is 30.7. The Morgan fingerprint density at radius 3 is 1.22 bits per heavy atom. The molecule has 0 bridgehead atoms. The van der Waals surface area contributed by atoms with E-state index in [2.05, 4.69) is 46.9 Å². The van der Waals surface area contributed by atoms with Gasteiger partial charge in [-0.2, -0.15) is 27.0 Å². The van der Waals surface area contributed by atoms with Gasteiger partial charge in [-0.25, -0.2) is 14.4 Å². The van der Waals surface area contributed by atoms with Gasteiger partial charge in [-0.1, -0.05) is 28.2 Å². The van der Waals surface area contributed by atoms with Gasteiger partial charge in [0.25, 0.3) is 0 Å². The predicted molar refractivity (Wildman–Crippen MR) is 240 cm³/mol. The van der Waals surface area contributed by atoms with E-state index in [1.807, 2.05) is 0 Å². The van der Waals surface area contributed by atoms with Crippen molar-refractivity contribution in [1.29, 1.82) is 0 Å². The molecule has 2 rings (SSSR count). The molecule has 2 aliphatic rings. The van der Waals surface area contributed by atoms with Gasteiger partial charge in [0.05, 0.1) is 51.8 Å². The maximum Gasteiger partial charge on any atom is 0.413 e. The Hall–Kier alpha value is -1.46. The second-order valence-electron chi connectivity index (χ2n) is 13.9. The average molecular weight is 892 g/mol. The van der Waals surface area contributed by atoms with Gasteiger partial charge in [0.1, 0.15) is 16.8 Å². The maximum atomic E-state index is 11.4. The number of nitrogens with zero attached hydrogens (tertiary/aromatic N) is 1. The minimum Gasteiger partial charge on any atom is -0.444 e. The van der Waals surface area contributed by atoms with Crippen molar-refractivity contribution in [2.75, 3.05) is 72.4 Å². The van der Waals surface area contributed by atoms with E-state index in [0.29, 0.717) is 46.1 Å². The minimum atomic E-state index is -0.733. The zero-order chi connectivity index (χ0) is 39.7. The molecule has 21 heteroatoms. The molecule has 0 aromatic carbocycles. The molecule has 0 saturated carbocycles. The van der Waals surface area contributed by atoms with E-state index in [4.69, 9.17) is 63.3 Å². The number of ether oxygens (including phenoxy) is 7. The highest BCUT2D eigenvalue weighted by molar-refractivity contribution is 7.80. The monoisotopic (exact) mass is 890 g/mol. The molecule has 6 N–H and O–H groups in total. The fourth-order valence-corrected chi connectivity index (χ4v) is 3.80. The highest BCUT2D eigenvalue weighted by atomic mass is 35.5. The fourth-order valence-electron chi connectivity index (χ4n) is 3.47. The van der Waals surface area contributed by atoms with E-state index in [9.17, 15) is 14.4 Å². The average Bonchev–Trinajstić information content (AvgIpc) is 3.00. The highest BCUT2D eigenvalue weighted by Crippen LogP contribution is 2.08. The summed E-state index contributed by atoms with van der Waals surface area (Å²) >= 11 is 9.73. The molecule has 0 radical (unpaired) electrons. The summed E-state index contributed by atoms with van der Waals surface area (Å²) < 4.78 is 35.9. The number of amides is 3. The van der Waals surface area contributed by atoms with Crippen LogP contribution in [0.25, 0.3) is 0 Å². The third-order valence-corrected chi connectivity index (χ3v) is 6.16. The van der Waals surface area contributed by atoms with Crippen molar-refractivity contribution in [1.82, 2.24) is 26.2 Å². The molecule has 55 heavy (non-hydrogen) atoms. The lowest BCUT2D eigenvalue weighted by atomic mass is 10.2. The number of hydrogen-bond donors (Lipinski definition) is 5. The molecule has 0 aromatic heterocycles. The van der Waals surface area contributed by atoms with Crippen LogP contribution >= 0.6 is 63.8 Å². The van der Waals surface area contributed by atoms with Crippen molar-refractivity contribution in [3.05, 3.63) is 0 Å². The molecule has 0 unspecified atom stereocenters. The van der Waals surface area contributed by atoms with Crippen LogP contribution < -0.4 is 27.0 Å². The summed E-state index contributed by atoms with van der Waals surface area (Å²) in [5.41, 5.74) is 3.49. The van der Waals surface area contributed by atoms with Crippen LogP contribution in [0, 0.1) is 0 Å². The van der Waals surface area contributed by atoms with Crippen molar-refractivity contribution >= 4 is 92.3 Å². The molecule has 3 amide bonds. The largest absolute Gasteiger partial charge is 0.444 e. The molecule has 2 heterocycles.